The molecule has 6 nitrogen and oxygen atoms in total. The fraction of sp³-hybridized carbons (Fsp3) is 0.304. The molecule has 1 heterocycles. The van der Waals surface area contributed by atoms with Gasteiger partial charge in [0, 0.05) is 29.6 Å². The van der Waals surface area contributed by atoms with E-state index in [-0.39, 0.29) is 18.9 Å². The van der Waals surface area contributed by atoms with Gasteiger partial charge in [0.1, 0.15) is 5.75 Å². The molecular weight excluding hydrogens is 368 g/mol. The fourth-order valence-electron chi connectivity index (χ4n) is 3.19. The average Bonchev–Trinajstić information content (AvgIpc) is 3.09. The summed E-state index contributed by atoms with van der Waals surface area (Å²) in [4.78, 5) is 27.0. The first-order valence-corrected chi connectivity index (χ1v) is 9.56. The zero-order valence-electron chi connectivity index (χ0n) is 16.9. The van der Waals surface area contributed by atoms with E-state index in [9.17, 15) is 14.7 Å². The Morgan fingerprint density at radius 2 is 1.79 bits per heavy atom. The molecule has 0 aliphatic heterocycles. The maximum Gasteiger partial charge on any atom is 0.310 e. The molecule has 152 valence electrons. The molecule has 3 N–H and O–H groups in total. The molecule has 0 aliphatic rings. The Morgan fingerprint density at radius 3 is 2.45 bits per heavy atom. The number of carbonyl (C=O) groups is 2. The van der Waals surface area contributed by atoms with Crippen molar-refractivity contribution in [3.8, 4) is 17.0 Å². The van der Waals surface area contributed by atoms with Crippen molar-refractivity contribution in [3.05, 3.63) is 54.1 Å². The lowest BCUT2D eigenvalue weighted by atomic mass is 9.94. The number of aromatic amines is 1. The molecule has 0 saturated heterocycles. The highest BCUT2D eigenvalue weighted by Crippen LogP contribution is 2.32. The number of nitrogens with one attached hydrogen (secondary N) is 2. The minimum absolute atomic E-state index is 0.0976. The second kappa shape index (κ2) is 8.39. The Labute approximate surface area is 169 Å². The van der Waals surface area contributed by atoms with Gasteiger partial charge in [0.25, 0.3) is 0 Å². The zero-order chi connectivity index (χ0) is 21.0. The van der Waals surface area contributed by atoms with Crippen molar-refractivity contribution >= 4 is 22.8 Å². The molecule has 1 aromatic heterocycles. The van der Waals surface area contributed by atoms with Crippen molar-refractivity contribution in [2.45, 2.75) is 26.7 Å². The molecular formula is C23H26N2O4. The monoisotopic (exact) mass is 394 g/mol. The predicted octanol–water partition coefficient (Wildman–Crippen LogP) is 4.00. The number of aryl methyl sites for hydroxylation is 1. The number of benzene rings is 2. The number of carboxylic acid groups (broad SMARTS) is 1. The Kier molecular flexibility index (Phi) is 5.92. The predicted molar refractivity (Wildman–Crippen MR) is 113 cm³/mol. The van der Waals surface area contributed by atoms with Gasteiger partial charge in [-0.25, -0.2) is 0 Å². The maximum absolute atomic E-state index is 12.3. The highest BCUT2D eigenvalue weighted by Gasteiger charge is 2.27. The van der Waals surface area contributed by atoms with Crippen LogP contribution >= 0.6 is 0 Å². The minimum atomic E-state index is -0.995. The number of carboxylic acids is 1. The first kappa shape index (κ1) is 20.5. The largest absolute Gasteiger partial charge is 0.497 e. The number of amides is 1. The third kappa shape index (κ3) is 4.59. The number of fused-ring (bicyclic) bond motifs is 1. The van der Waals surface area contributed by atoms with Crippen LogP contribution in [0, 0.1) is 5.41 Å². The molecule has 0 aliphatic carbocycles. The van der Waals surface area contributed by atoms with Crippen LogP contribution in [0.5, 0.6) is 5.75 Å². The van der Waals surface area contributed by atoms with Gasteiger partial charge in [0.2, 0.25) is 5.91 Å². The van der Waals surface area contributed by atoms with Gasteiger partial charge in [-0.3, -0.25) is 9.59 Å². The summed E-state index contributed by atoms with van der Waals surface area (Å²) in [5.41, 5.74) is 3.08. The van der Waals surface area contributed by atoms with E-state index < -0.39 is 11.4 Å². The molecule has 0 fully saturated rings. The number of para-hydroxylation sites is 1. The minimum Gasteiger partial charge on any atom is -0.497 e. The average molecular weight is 394 g/mol. The smallest absolute Gasteiger partial charge is 0.310 e. The van der Waals surface area contributed by atoms with Crippen molar-refractivity contribution in [2.24, 2.45) is 5.41 Å². The Balaban J connectivity index is 1.81. The van der Waals surface area contributed by atoms with Crippen molar-refractivity contribution in [1.29, 1.82) is 0 Å². The number of aromatic nitrogens is 1. The molecule has 0 saturated carbocycles. The Hall–Kier alpha value is -3.28. The normalized spacial score (nSPS) is 11.4. The van der Waals surface area contributed by atoms with Crippen molar-refractivity contribution < 1.29 is 19.4 Å². The van der Waals surface area contributed by atoms with E-state index in [1.165, 1.54) is 0 Å². The second-order valence-corrected chi connectivity index (χ2v) is 7.72. The van der Waals surface area contributed by atoms with Crippen molar-refractivity contribution in [2.75, 3.05) is 13.7 Å². The fourth-order valence-corrected chi connectivity index (χ4v) is 3.19. The number of rotatable bonds is 8. The number of carbonyl (C=O) groups excluding carboxylic acids is 1. The van der Waals surface area contributed by atoms with Crippen molar-refractivity contribution in [3.63, 3.8) is 0 Å². The SMILES string of the molecule is COc1ccc(-c2[nH]c3ccccc3c2CCC(=O)NCC(C)(C)C(=O)O)cc1. The van der Waals surface area contributed by atoms with Gasteiger partial charge < -0.3 is 20.1 Å². The molecule has 1 amide bonds. The highest BCUT2D eigenvalue weighted by molar-refractivity contribution is 5.91. The van der Waals surface area contributed by atoms with E-state index in [4.69, 9.17) is 4.74 Å². The summed E-state index contributed by atoms with van der Waals surface area (Å²) >= 11 is 0. The van der Waals surface area contributed by atoms with Gasteiger partial charge in [-0.1, -0.05) is 18.2 Å². The first-order chi connectivity index (χ1) is 13.8. The first-order valence-electron chi connectivity index (χ1n) is 9.56. The van der Waals surface area contributed by atoms with Crippen LogP contribution in [0.15, 0.2) is 48.5 Å². The molecule has 0 unspecified atom stereocenters. The third-order valence-electron chi connectivity index (χ3n) is 5.10. The molecule has 0 bridgehead atoms. The molecule has 0 spiro atoms. The molecule has 2 aromatic carbocycles. The number of hydrogen-bond acceptors (Lipinski definition) is 3. The van der Waals surface area contributed by atoms with Gasteiger partial charge in [0.05, 0.1) is 12.5 Å². The van der Waals surface area contributed by atoms with Crippen LogP contribution in [0.25, 0.3) is 22.2 Å². The van der Waals surface area contributed by atoms with Gasteiger partial charge in [-0.2, -0.15) is 0 Å². The van der Waals surface area contributed by atoms with Crippen LogP contribution in [0.1, 0.15) is 25.8 Å². The highest BCUT2D eigenvalue weighted by atomic mass is 16.5. The summed E-state index contributed by atoms with van der Waals surface area (Å²) in [5.74, 6) is -0.312. The van der Waals surface area contributed by atoms with E-state index in [0.717, 1.165) is 33.5 Å². The number of methoxy groups -OCH3 is 1. The standard InChI is InChI=1S/C23H26N2O4/c1-23(2,22(27)28)14-24-20(26)13-12-18-17-6-4-5-7-19(17)25-21(18)15-8-10-16(29-3)11-9-15/h4-11,25H,12-14H2,1-3H3,(H,24,26)(H,27,28). The van der Waals surface area contributed by atoms with Crippen LogP contribution in [0.4, 0.5) is 0 Å². The summed E-state index contributed by atoms with van der Waals surface area (Å²) in [6.07, 6.45) is 0.825. The molecule has 3 aromatic rings. The van der Waals surface area contributed by atoms with Gasteiger partial charge in [-0.05, 0) is 61.7 Å². The Morgan fingerprint density at radius 1 is 1.10 bits per heavy atom. The van der Waals surface area contributed by atoms with Gasteiger partial charge in [-0.15, -0.1) is 0 Å². The summed E-state index contributed by atoms with van der Waals surface area (Å²) in [5, 5.41) is 13.0. The van der Waals surface area contributed by atoms with Crippen LogP contribution < -0.4 is 10.1 Å². The van der Waals surface area contributed by atoms with E-state index in [2.05, 4.69) is 10.3 Å². The second-order valence-electron chi connectivity index (χ2n) is 7.72. The van der Waals surface area contributed by atoms with Crippen molar-refractivity contribution in [1.82, 2.24) is 10.3 Å². The lowest BCUT2D eigenvalue weighted by Crippen LogP contribution is -2.38. The lowest BCUT2D eigenvalue weighted by molar-refractivity contribution is -0.146. The molecule has 0 atom stereocenters. The number of hydrogen-bond donors (Lipinski definition) is 3. The maximum atomic E-state index is 12.3. The molecule has 6 heteroatoms. The van der Waals surface area contributed by atoms with Crippen LogP contribution in [-0.4, -0.2) is 35.6 Å². The quantitative estimate of drug-likeness (QED) is 0.538. The number of ether oxygens (including phenoxy) is 1. The number of aliphatic carboxylic acids is 1. The molecule has 3 rings (SSSR count). The zero-order valence-corrected chi connectivity index (χ0v) is 16.9. The summed E-state index contributed by atoms with van der Waals surface area (Å²) in [6, 6.07) is 15.8. The van der Waals surface area contributed by atoms with E-state index in [0.29, 0.717) is 6.42 Å². The van der Waals surface area contributed by atoms with Gasteiger partial charge in [0.15, 0.2) is 0 Å². The van der Waals surface area contributed by atoms with Crippen LogP contribution in [-0.2, 0) is 16.0 Å². The Bertz CT molecular complexity index is 1020. The summed E-state index contributed by atoms with van der Waals surface area (Å²) in [6.45, 7) is 3.29. The van der Waals surface area contributed by atoms with Crippen LogP contribution in [0.2, 0.25) is 0 Å². The summed E-state index contributed by atoms with van der Waals surface area (Å²) in [7, 11) is 1.63. The van der Waals surface area contributed by atoms with E-state index in [1.807, 2.05) is 48.5 Å². The molecule has 29 heavy (non-hydrogen) atoms. The van der Waals surface area contributed by atoms with E-state index in [1.54, 1.807) is 21.0 Å². The summed E-state index contributed by atoms with van der Waals surface area (Å²) < 4.78 is 5.24. The van der Waals surface area contributed by atoms with E-state index >= 15 is 0 Å². The van der Waals surface area contributed by atoms with Gasteiger partial charge >= 0.3 is 5.97 Å². The molecule has 0 radical (unpaired) electrons. The third-order valence-corrected chi connectivity index (χ3v) is 5.10. The number of H-pyrrole nitrogens is 1. The van der Waals surface area contributed by atoms with Crippen LogP contribution in [0.3, 0.4) is 0 Å². The lowest BCUT2D eigenvalue weighted by Gasteiger charge is -2.19. The topological polar surface area (TPSA) is 91.4 Å².